The number of methoxy groups -OCH3 is 1. The van der Waals surface area contributed by atoms with Gasteiger partial charge in [0.15, 0.2) is 0 Å². The van der Waals surface area contributed by atoms with E-state index in [2.05, 4.69) is 67.1 Å². The lowest BCUT2D eigenvalue weighted by atomic mass is 10.0. The van der Waals surface area contributed by atoms with Crippen LogP contribution in [0.2, 0.25) is 0 Å². The molecule has 4 rings (SSSR count). The van der Waals surface area contributed by atoms with Crippen LogP contribution >= 0.6 is 0 Å². The topological polar surface area (TPSA) is 46.4 Å². The third kappa shape index (κ3) is 3.44. The molecule has 28 heavy (non-hydrogen) atoms. The summed E-state index contributed by atoms with van der Waals surface area (Å²) in [5.74, 6) is 0.827. The molecule has 6 heteroatoms. The maximum Gasteiger partial charge on any atom is 0.147 e. The molecule has 1 aliphatic heterocycles. The summed E-state index contributed by atoms with van der Waals surface area (Å²) in [4.78, 5) is 9.74. The number of rotatable bonds is 4. The fourth-order valence-corrected chi connectivity index (χ4v) is 3.75. The Morgan fingerprint density at radius 1 is 1.07 bits per heavy atom. The minimum Gasteiger partial charge on any atom is -0.494 e. The van der Waals surface area contributed by atoms with Crippen molar-refractivity contribution in [3.8, 4) is 17.0 Å². The quantitative estimate of drug-likeness (QED) is 0.691. The molecule has 148 valence electrons. The number of piperazine rings is 1. The second kappa shape index (κ2) is 7.43. The van der Waals surface area contributed by atoms with Gasteiger partial charge in [-0.25, -0.2) is 4.98 Å². The number of pyridine rings is 1. The Morgan fingerprint density at radius 2 is 1.82 bits per heavy atom. The first kappa shape index (κ1) is 18.7. The van der Waals surface area contributed by atoms with Crippen LogP contribution in [0.1, 0.15) is 25.5 Å². The minimum atomic E-state index is 0.330. The third-order valence-corrected chi connectivity index (χ3v) is 5.58. The van der Waals surface area contributed by atoms with Crippen molar-refractivity contribution in [2.45, 2.75) is 26.8 Å². The van der Waals surface area contributed by atoms with E-state index >= 15 is 0 Å². The first-order valence-electron chi connectivity index (χ1n) is 9.93. The summed E-state index contributed by atoms with van der Waals surface area (Å²) in [6, 6.07) is 6.86. The van der Waals surface area contributed by atoms with Gasteiger partial charge in [0.2, 0.25) is 0 Å². The Labute approximate surface area is 166 Å². The lowest BCUT2D eigenvalue weighted by Gasteiger charge is -2.34. The van der Waals surface area contributed by atoms with Crippen LogP contribution in [0.15, 0.2) is 30.6 Å². The number of hydrogen-bond donors (Lipinski definition) is 0. The molecule has 0 atom stereocenters. The molecule has 3 heterocycles. The van der Waals surface area contributed by atoms with Gasteiger partial charge in [-0.15, -0.1) is 0 Å². The normalized spacial score (nSPS) is 15.6. The van der Waals surface area contributed by atoms with Crippen LogP contribution in [-0.4, -0.2) is 60.0 Å². The number of aromatic nitrogens is 3. The number of nitrogens with zero attached hydrogens (tertiary/aromatic N) is 5. The Kier molecular flexibility index (Phi) is 4.98. The molecule has 6 nitrogen and oxygen atoms in total. The Bertz CT molecular complexity index is 986. The standard InChI is InChI=1S/C22H29N5O/c1-15(2)27-14-17(13-23-27)20-10-16(3)19-11-18(12-21(28-5)22(19)24-20)26-8-6-25(4)7-9-26/h10-15H,6-9H2,1-5H3. The van der Waals surface area contributed by atoms with Crippen LogP contribution in [0.5, 0.6) is 5.75 Å². The summed E-state index contributed by atoms with van der Waals surface area (Å²) < 4.78 is 7.71. The van der Waals surface area contributed by atoms with Crippen molar-refractivity contribution in [2.75, 3.05) is 45.2 Å². The van der Waals surface area contributed by atoms with E-state index in [9.17, 15) is 0 Å². The SMILES string of the molecule is COc1cc(N2CCN(C)CC2)cc2c(C)cc(-c3cnn(C(C)C)c3)nc12. The van der Waals surface area contributed by atoms with Crippen molar-refractivity contribution < 1.29 is 4.74 Å². The number of benzene rings is 1. The van der Waals surface area contributed by atoms with Crippen molar-refractivity contribution in [1.82, 2.24) is 19.7 Å². The number of likely N-dealkylation sites (N-methyl/N-ethyl adjacent to an activating group) is 1. The molecule has 0 unspecified atom stereocenters. The first-order chi connectivity index (χ1) is 13.5. The van der Waals surface area contributed by atoms with Gasteiger partial charge in [0.1, 0.15) is 11.3 Å². The van der Waals surface area contributed by atoms with Gasteiger partial charge in [0, 0.05) is 61.1 Å². The van der Waals surface area contributed by atoms with E-state index in [1.54, 1.807) is 7.11 Å². The van der Waals surface area contributed by atoms with Crippen molar-refractivity contribution in [3.05, 3.63) is 36.2 Å². The Morgan fingerprint density at radius 3 is 2.46 bits per heavy atom. The van der Waals surface area contributed by atoms with E-state index in [0.29, 0.717) is 6.04 Å². The minimum absolute atomic E-state index is 0.330. The molecule has 3 aromatic rings. The zero-order valence-electron chi connectivity index (χ0n) is 17.4. The molecular formula is C22H29N5O. The monoisotopic (exact) mass is 379 g/mol. The predicted molar refractivity (Wildman–Crippen MR) is 114 cm³/mol. The van der Waals surface area contributed by atoms with Crippen LogP contribution in [-0.2, 0) is 0 Å². The molecule has 0 amide bonds. The summed E-state index contributed by atoms with van der Waals surface area (Å²) in [6.45, 7) is 10.6. The van der Waals surface area contributed by atoms with Crippen molar-refractivity contribution in [1.29, 1.82) is 0 Å². The van der Waals surface area contributed by atoms with Crippen LogP contribution in [0.3, 0.4) is 0 Å². The summed E-state index contributed by atoms with van der Waals surface area (Å²) in [6.07, 6.45) is 3.95. The van der Waals surface area contributed by atoms with Crippen LogP contribution in [0, 0.1) is 6.92 Å². The van der Waals surface area contributed by atoms with Gasteiger partial charge in [-0.3, -0.25) is 4.68 Å². The molecule has 1 fully saturated rings. The molecule has 1 saturated heterocycles. The van der Waals surface area contributed by atoms with Gasteiger partial charge >= 0.3 is 0 Å². The predicted octanol–water partition coefficient (Wildman–Crippen LogP) is 3.75. The summed E-state index contributed by atoms with van der Waals surface area (Å²) in [7, 11) is 3.90. The van der Waals surface area contributed by atoms with E-state index in [1.807, 2.05) is 10.9 Å². The molecule has 1 aliphatic rings. The molecule has 0 saturated carbocycles. The number of anilines is 1. The number of ether oxygens (including phenoxy) is 1. The van der Waals surface area contributed by atoms with Gasteiger partial charge in [0.05, 0.1) is 19.0 Å². The largest absolute Gasteiger partial charge is 0.494 e. The maximum atomic E-state index is 5.75. The lowest BCUT2D eigenvalue weighted by Crippen LogP contribution is -2.44. The van der Waals surface area contributed by atoms with Crippen LogP contribution < -0.4 is 9.64 Å². The number of hydrogen-bond acceptors (Lipinski definition) is 5. The molecule has 0 spiro atoms. The summed E-state index contributed by atoms with van der Waals surface area (Å²) in [5, 5.41) is 5.61. The summed E-state index contributed by atoms with van der Waals surface area (Å²) in [5.41, 5.74) is 5.29. The fraction of sp³-hybridized carbons (Fsp3) is 0.455. The van der Waals surface area contributed by atoms with Gasteiger partial charge in [-0.2, -0.15) is 5.10 Å². The van der Waals surface area contributed by atoms with Crippen LogP contribution in [0.4, 0.5) is 5.69 Å². The zero-order chi connectivity index (χ0) is 19.8. The number of fused-ring (bicyclic) bond motifs is 1. The van der Waals surface area contributed by atoms with Crippen molar-refractivity contribution >= 4 is 16.6 Å². The van der Waals surface area contributed by atoms with Crippen molar-refractivity contribution in [3.63, 3.8) is 0 Å². The van der Waals surface area contributed by atoms with Gasteiger partial charge in [-0.05, 0) is 45.5 Å². The molecule has 1 aromatic carbocycles. The van der Waals surface area contributed by atoms with E-state index in [4.69, 9.17) is 9.72 Å². The average molecular weight is 380 g/mol. The molecular weight excluding hydrogens is 350 g/mol. The highest BCUT2D eigenvalue weighted by Gasteiger charge is 2.18. The highest BCUT2D eigenvalue weighted by Crippen LogP contribution is 2.35. The zero-order valence-corrected chi connectivity index (χ0v) is 17.4. The lowest BCUT2D eigenvalue weighted by molar-refractivity contribution is 0.312. The molecule has 2 aromatic heterocycles. The molecule has 0 bridgehead atoms. The Hall–Kier alpha value is -2.60. The van der Waals surface area contributed by atoms with Gasteiger partial charge in [0.25, 0.3) is 0 Å². The average Bonchev–Trinajstić information content (AvgIpc) is 3.18. The number of aryl methyl sites for hydroxylation is 1. The second-order valence-electron chi connectivity index (χ2n) is 7.96. The van der Waals surface area contributed by atoms with E-state index in [0.717, 1.165) is 54.1 Å². The molecule has 0 radical (unpaired) electrons. The maximum absolute atomic E-state index is 5.75. The Balaban J connectivity index is 1.78. The second-order valence-corrected chi connectivity index (χ2v) is 7.96. The highest BCUT2D eigenvalue weighted by molar-refractivity contribution is 5.92. The fourth-order valence-electron chi connectivity index (χ4n) is 3.75. The van der Waals surface area contributed by atoms with Crippen molar-refractivity contribution in [2.24, 2.45) is 0 Å². The van der Waals surface area contributed by atoms with E-state index in [1.165, 1.54) is 11.3 Å². The van der Waals surface area contributed by atoms with Gasteiger partial charge in [-0.1, -0.05) is 0 Å². The highest BCUT2D eigenvalue weighted by atomic mass is 16.5. The van der Waals surface area contributed by atoms with E-state index in [-0.39, 0.29) is 0 Å². The van der Waals surface area contributed by atoms with Crippen LogP contribution in [0.25, 0.3) is 22.2 Å². The molecule has 0 N–H and O–H groups in total. The summed E-state index contributed by atoms with van der Waals surface area (Å²) >= 11 is 0. The van der Waals surface area contributed by atoms with E-state index < -0.39 is 0 Å². The smallest absolute Gasteiger partial charge is 0.147 e. The first-order valence-corrected chi connectivity index (χ1v) is 9.93. The third-order valence-electron chi connectivity index (χ3n) is 5.58. The van der Waals surface area contributed by atoms with Gasteiger partial charge < -0.3 is 14.5 Å². The molecule has 0 aliphatic carbocycles.